The van der Waals surface area contributed by atoms with Gasteiger partial charge in [0, 0.05) is 56.6 Å². The van der Waals surface area contributed by atoms with Gasteiger partial charge in [-0.05, 0) is 124 Å². The number of fused-ring (bicyclic) bond motifs is 1. The molecular weight excluding hydrogens is 852 g/mol. The minimum Gasteiger partial charge on any atom is -0.476 e. The fourth-order valence-electron chi connectivity index (χ4n) is 8.66. The van der Waals surface area contributed by atoms with Crippen molar-refractivity contribution in [3.63, 3.8) is 0 Å². The smallest absolute Gasteiger partial charge is 0.268 e. The molecule has 62 heavy (non-hydrogen) atoms. The molecule has 16 heteroatoms. The zero-order chi connectivity index (χ0) is 43.6. The first kappa shape index (κ1) is 43.9. The largest absolute Gasteiger partial charge is 0.476 e. The lowest BCUT2D eigenvalue weighted by Gasteiger charge is -2.40. The van der Waals surface area contributed by atoms with E-state index in [0.717, 1.165) is 82.2 Å². The normalized spacial score (nSPS) is 22.5. The standard InChI is InChI=1S/C46H52Cl2N6O7S/c1-45(56)16-13-30(14-17-45)29-60-44-39(48)24-35(26-49-44)62(57,58)52-43(55)37-12-11-34(23-42(37)61-41-6-4-5-40-38(41)27-50-51-40)54-21-19-53(20-22-54)28-32-25-46(2,59-3)18-15-36(32)31-7-9-33(47)10-8-31/h4-12,23-24,26-27,30,56H,13-22,25,28-29H2,1-3H3,(H,50,51)(H,52,55)/t30-,45+,46?. The number of nitrogens with zero attached hydrogens (tertiary/aromatic N) is 4. The van der Waals surface area contributed by atoms with E-state index in [1.807, 2.05) is 37.3 Å². The molecule has 2 aliphatic carbocycles. The van der Waals surface area contributed by atoms with E-state index in [1.165, 1.54) is 22.8 Å². The monoisotopic (exact) mass is 902 g/mol. The van der Waals surface area contributed by atoms with Gasteiger partial charge in [0.1, 0.15) is 21.4 Å². The summed E-state index contributed by atoms with van der Waals surface area (Å²) in [6, 6.07) is 19.9. The number of allylic oxidation sites excluding steroid dienone is 1. The van der Waals surface area contributed by atoms with E-state index in [4.69, 9.17) is 37.4 Å². The number of hydrogen-bond acceptors (Lipinski definition) is 11. The van der Waals surface area contributed by atoms with Gasteiger partial charge in [-0.25, -0.2) is 18.1 Å². The van der Waals surface area contributed by atoms with Crippen molar-refractivity contribution in [2.45, 2.75) is 74.9 Å². The van der Waals surface area contributed by atoms with Gasteiger partial charge in [0.15, 0.2) is 0 Å². The molecule has 1 amide bonds. The third-order valence-electron chi connectivity index (χ3n) is 12.6. The molecule has 2 aromatic heterocycles. The van der Waals surface area contributed by atoms with Crippen molar-refractivity contribution in [1.82, 2.24) is 24.8 Å². The maximum absolute atomic E-state index is 13.9. The van der Waals surface area contributed by atoms with Gasteiger partial charge in [0.2, 0.25) is 5.88 Å². The number of aliphatic hydroxyl groups is 1. The summed E-state index contributed by atoms with van der Waals surface area (Å²) in [4.78, 5) is 22.5. The van der Waals surface area contributed by atoms with Crippen LogP contribution in [0.15, 0.2) is 89.6 Å². The molecular formula is C46H52Cl2N6O7S. The van der Waals surface area contributed by atoms with Gasteiger partial charge in [-0.3, -0.25) is 14.8 Å². The highest BCUT2D eigenvalue weighted by Crippen LogP contribution is 2.41. The average molecular weight is 904 g/mol. The number of hydrogen-bond donors (Lipinski definition) is 3. The molecule has 2 fully saturated rings. The number of aromatic nitrogens is 3. The number of halogens is 2. The molecule has 8 rings (SSSR count). The van der Waals surface area contributed by atoms with Crippen LogP contribution in [0, 0.1) is 5.92 Å². The SMILES string of the molecule is COC1(C)CCC(c2ccc(Cl)cc2)=C(CN2CCN(c3ccc(C(=O)NS(=O)(=O)c4cnc(OC[C@H]5CC[C@@](C)(O)CC5)c(Cl)c4)c(Oc4cccc5[nH]ncc45)c3)CC2)C1. The molecule has 0 spiro atoms. The number of H-pyrrole nitrogens is 1. The van der Waals surface area contributed by atoms with Crippen molar-refractivity contribution in [2.75, 3.05) is 51.3 Å². The van der Waals surface area contributed by atoms with Crippen LogP contribution in [0.1, 0.15) is 74.7 Å². The quantitative estimate of drug-likeness (QED) is 0.104. The van der Waals surface area contributed by atoms with Crippen LogP contribution in [-0.2, 0) is 14.8 Å². The maximum Gasteiger partial charge on any atom is 0.268 e. The lowest BCUT2D eigenvalue weighted by molar-refractivity contribution is -0.00393. The maximum atomic E-state index is 13.9. The minimum absolute atomic E-state index is 0.00396. The zero-order valence-corrected chi connectivity index (χ0v) is 37.5. The van der Waals surface area contributed by atoms with Crippen molar-refractivity contribution < 1.29 is 32.5 Å². The summed E-state index contributed by atoms with van der Waals surface area (Å²) in [6.45, 7) is 8.22. The van der Waals surface area contributed by atoms with E-state index in [9.17, 15) is 18.3 Å². The van der Waals surface area contributed by atoms with Crippen molar-refractivity contribution in [2.24, 2.45) is 5.92 Å². The Labute approximate surface area is 372 Å². The van der Waals surface area contributed by atoms with Crippen LogP contribution in [0.4, 0.5) is 5.69 Å². The average Bonchev–Trinajstić information content (AvgIpc) is 3.75. The molecule has 1 saturated carbocycles. The number of rotatable bonds is 13. The van der Waals surface area contributed by atoms with E-state index >= 15 is 0 Å². The van der Waals surface area contributed by atoms with E-state index in [2.05, 4.69) is 48.8 Å². The molecule has 1 atom stereocenters. The van der Waals surface area contributed by atoms with Gasteiger partial charge in [-0.1, -0.05) is 41.4 Å². The molecule has 328 valence electrons. The van der Waals surface area contributed by atoms with Crippen molar-refractivity contribution in [3.8, 4) is 17.4 Å². The van der Waals surface area contributed by atoms with Crippen LogP contribution >= 0.6 is 23.2 Å². The van der Waals surface area contributed by atoms with Crippen molar-refractivity contribution in [1.29, 1.82) is 0 Å². The van der Waals surface area contributed by atoms with Gasteiger partial charge < -0.3 is 24.2 Å². The number of amides is 1. The van der Waals surface area contributed by atoms with E-state index in [1.54, 1.807) is 31.5 Å². The highest BCUT2D eigenvalue weighted by molar-refractivity contribution is 7.90. The van der Waals surface area contributed by atoms with Crippen LogP contribution in [0.3, 0.4) is 0 Å². The highest BCUT2D eigenvalue weighted by Gasteiger charge is 2.34. The summed E-state index contributed by atoms with van der Waals surface area (Å²) in [5.41, 5.74) is 4.62. The number of anilines is 1. The fourth-order valence-corrected chi connectivity index (χ4v) is 10.0. The molecule has 1 aliphatic heterocycles. The lowest BCUT2D eigenvalue weighted by atomic mass is 9.79. The molecule has 1 unspecified atom stereocenters. The first-order valence-electron chi connectivity index (χ1n) is 21.0. The Hall–Kier alpha value is -4.70. The number of sulfonamides is 1. The Morgan fingerprint density at radius 3 is 2.45 bits per heavy atom. The number of ether oxygens (including phenoxy) is 3. The second-order valence-corrected chi connectivity index (χ2v) is 19.7. The molecule has 5 aromatic rings. The first-order valence-corrected chi connectivity index (χ1v) is 23.2. The van der Waals surface area contributed by atoms with Crippen LogP contribution in [-0.4, -0.2) is 97.2 Å². The molecule has 3 N–H and O–H groups in total. The Morgan fingerprint density at radius 1 is 0.968 bits per heavy atom. The predicted molar refractivity (Wildman–Crippen MR) is 241 cm³/mol. The molecule has 3 aliphatic rings. The van der Waals surface area contributed by atoms with E-state index < -0.39 is 21.5 Å². The van der Waals surface area contributed by atoms with Crippen LogP contribution in [0.25, 0.3) is 16.5 Å². The number of carbonyl (C=O) groups is 1. The predicted octanol–water partition coefficient (Wildman–Crippen LogP) is 8.66. The molecule has 3 aromatic carbocycles. The number of benzene rings is 3. The second kappa shape index (κ2) is 18.2. The molecule has 0 radical (unpaired) electrons. The third-order valence-corrected chi connectivity index (χ3v) is 14.4. The van der Waals surface area contributed by atoms with Crippen LogP contribution in [0.5, 0.6) is 17.4 Å². The number of aromatic amines is 1. The Morgan fingerprint density at radius 2 is 1.73 bits per heavy atom. The third kappa shape index (κ3) is 10.1. The summed E-state index contributed by atoms with van der Waals surface area (Å²) in [5.74, 6) is 0.0457. The van der Waals surface area contributed by atoms with Gasteiger partial charge in [0.05, 0.1) is 46.7 Å². The fraction of sp³-hybridized carbons (Fsp3) is 0.413. The number of nitrogens with one attached hydrogen (secondary N) is 2. The number of piperazine rings is 1. The Kier molecular flexibility index (Phi) is 12.9. The number of carbonyl (C=O) groups excluding carboxylic acids is 1. The van der Waals surface area contributed by atoms with Gasteiger partial charge >= 0.3 is 0 Å². The first-order chi connectivity index (χ1) is 29.7. The lowest BCUT2D eigenvalue weighted by Crippen LogP contribution is -2.47. The number of methoxy groups -OCH3 is 1. The summed E-state index contributed by atoms with van der Waals surface area (Å²) in [6.07, 6.45) is 8.41. The van der Waals surface area contributed by atoms with E-state index in [-0.39, 0.29) is 38.6 Å². The zero-order valence-electron chi connectivity index (χ0n) is 35.1. The summed E-state index contributed by atoms with van der Waals surface area (Å²) in [5, 5.41) is 18.8. The topological polar surface area (TPSA) is 159 Å². The molecule has 1 saturated heterocycles. The molecule has 0 bridgehead atoms. The second-order valence-electron chi connectivity index (χ2n) is 17.2. The van der Waals surface area contributed by atoms with Gasteiger partial charge in [-0.2, -0.15) is 5.10 Å². The summed E-state index contributed by atoms with van der Waals surface area (Å²) >= 11 is 12.7. The minimum atomic E-state index is -4.43. The van der Waals surface area contributed by atoms with Crippen LogP contribution in [0.2, 0.25) is 10.0 Å². The van der Waals surface area contributed by atoms with E-state index in [0.29, 0.717) is 35.6 Å². The molecule has 3 heterocycles. The Bertz CT molecular complexity index is 2570. The summed E-state index contributed by atoms with van der Waals surface area (Å²) in [7, 11) is -2.63. The van der Waals surface area contributed by atoms with Crippen molar-refractivity contribution >= 4 is 61.3 Å². The van der Waals surface area contributed by atoms with Gasteiger partial charge in [-0.15, -0.1) is 0 Å². The van der Waals surface area contributed by atoms with Gasteiger partial charge in [0.25, 0.3) is 15.9 Å². The van der Waals surface area contributed by atoms with Crippen molar-refractivity contribution in [3.05, 3.63) is 106 Å². The highest BCUT2D eigenvalue weighted by atomic mass is 35.5. The summed E-state index contributed by atoms with van der Waals surface area (Å²) < 4.78 is 47.7. The van der Waals surface area contributed by atoms with Crippen LogP contribution < -0.4 is 19.1 Å². The number of pyridine rings is 1. The Balaban J connectivity index is 0.985. The molecule has 13 nitrogen and oxygen atoms in total.